The summed E-state index contributed by atoms with van der Waals surface area (Å²) in [4.78, 5) is 0. The van der Waals surface area contributed by atoms with Gasteiger partial charge in [0.2, 0.25) is 5.65 Å². The minimum Gasteiger partial charge on any atom is -0.385 e. The Labute approximate surface area is 117 Å². The van der Waals surface area contributed by atoms with E-state index < -0.39 is 0 Å². The smallest absolute Gasteiger partial charge is 0.200 e. The molecule has 2 fully saturated rings. The van der Waals surface area contributed by atoms with Crippen LogP contribution in [0.5, 0.6) is 0 Å². The predicted octanol–water partition coefficient (Wildman–Crippen LogP) is 1.98. The van der Waals surface area contributed by atoms with E-state index in [-0.39, 0.29) is 5.54 Å². The Hall–Kier alpha value is -1.69. The van der Waals surface area contributed by atoms with Gasteiger partial charge in [-0.3, -0.25) is 0 Å². The number of nitrogens with one attached hydrogen (secondary N) is 1. The molecule has 2 saturated carbocycles. The lowest BCUT2D eigenvalue weighted by molar-refractivity contribution is 0.187. The highest BCUT2D eigenvalue weighted by molar-refractivity contribution is 5.68. The zero-order valence-electron chi connectivity index (χ0n) is 11.7. The molecule has 0 aliphatic heterocycles. The molecule has 1 N–H and O–H groups in total. The first kappa shape index (κ1) is 12.1. The van der Waals surface area contributed by atoms with Crippen molar-refractivity contribution >= 4 is 11.3 Å². The molecule has 4 rings (SSSR count). The largest absolute Gasteiger partial charge is 0.385 e. The molecule has 0 saturated heterocycles. The molecule has 2 heterocycles. The van der Waals surface area contributed by atoms with Crippen LogP contribution in [0.25, 0.3) is 5.65 Å². The van der Waals surface area contributed by atoms with Crippen molar-refractivity contribution in [2.45, 2.75) is 43.6 Å². The van der Waals surface area contributed by atoms with Crippen molar-refractivity contribution in [2.24, 2.45) is 0 Å². The van der Waals surface area contributed by atoms with Crippen molar-refractivity contribution in [3.8, 4) is 0 Å². The zero-order valence-corrected chi connectivity index (χ0v) is 11.7. The van der Waals surface area contributed by atoms with Crippen molar-refractivity contribution < 1.29 is 4.74 Å². The Balaban J connectivity index is 1.66. The third-order valence-corrected chi connectivity index (χ3v) is 4.32. The summed E-state index contributed by atoms with van der Waals surface area (Å²) in [6, 6.07) is 2.16. The van der Waals surface area contributed by atoms with Gasteiger partial charge in [0.25, 0.3) is 0 Å². The van der Waals surface area contributed by atoms with Crippen LogP contribution in [-0.4, -0.2) is 39.1 Å². The van der Waals surface area contributed by atoms with Crippen LogP contribution < -0.4 is 5.32 Å². The average Bonchev–Trinajstić information content (AvgIpc) is 3.37. The highest BCUT2D eigenvalue weighted by atomic mass is 16.5. The fourth-order valence-corrected chi connectivity index (χ4v) is 2.69. The Morgan fingerprint density at radius 3 is 3.00 bits per heavy atom. The third kappa shape index (κ3) is 2.14. The van der Waals surface area contributed by atoms with Gasteiger partial charge in [0.05, 0.1) is 11.4 Å². The van der Waals surface area contributed by atoms with Crippen LogP contribution in [0.4, 0.5) is 5.69 Å². The first-order chi connectivity index (χ1) is 9.80. The molecule has 2 aliphatic carbocycles. The standard InChI is InChI=1S/C14H19N5O/c1-20-7-6-14(4-5-14)16-12-8-11(10-2-3-10)18-19-9-15-17-13(12)19/h8-10,16H,2-7H2,1H3. The van der Waals surface area contributed by atoms with E-state index in [9.17, 15) is 0 Å². The maximum absolute atomic E-state index is 5.21. The number of hydrogen-bond donors (Lipinski definition) is 1. The molecule has 0 amide bonds. The lowest BCUT2D eigenvalue weighted by Gasteiger charge is -2.19. The number of methoxy groups -OCH3 is 1. The van der Waals surface area contributed by atoms with Crippen molar-refractivity contribution in [1.82, 2.24) is 19.8 Å². The summed E-state index contributed by atoms with van der Waals surface area (Å²) in [6.45, 7) is 0.788. The Morgan fingerprint density at radius 1 is 1.45 bits per heavy atom. The number of fused-ring (bicyclic) bond motifs is 1. The van der Waals surface area contributed by atoms with E-state index in [0.29, 0.717) is 5.92 Å². The Kier molecular flexibility index (Phi) is 2.66. The third-order valence-electron chi connectivity index (χ3n) is 4.32. The number of rotatable bonds is 6. The molecule has 6 heteroatoms. The number of ether oxygens (including phenoxy) is 1. The fourth-order valence-electron chi connectivity index (χ4n) is 2.69. The summed E-state index contributed by atoms with van der Waals surface area (Å²) < 4.78 is 7.01. The van der Waals surface area contributed by atoms with Gasteiger partial charge < -0.3 is 10.1 Å². The van der Waals surface area contributed by atoms with Crippen LogP contribution in [0, 0.1) is 0 Å². The molecule has 0 aromatic carbocycles. The van der Waals surface area contributed by atoms with E-state index in [1.807, 2.05) is 0 Å². The molecule has 20 heavy (non-hydrogen) atoms. The number of hydrogen-bond acceptors (Lipinski definition) is 5. The molecule has 2 aliphatic rings. The van der Waals surface area contributed by atoms with Crippen LogP contribution in [0.2, 0.25) is 0 Å². The van der Waals surface area contributed by atoms with Gasteiger partial charge in [-0.05, 0) is 38.2 Å². The van der Waals surface area contributed by atoms with E-state index in [1.165, 1.54) is 25.7 Å². The van der Waals surface area contributed by atoms with E-state index in [0.717, 1.165) is 30.1 Å². The minimum absolute atomic E-state index is 0.185. The van der Waals surface area contributed by atoms with Crippen LogP contribution >= 0.6 is 0 Å². The minimum atomic E-state index is 0.185. The summed E-state index contributed by atoms with van der Waals surface area (Å²) in [5, 5.41) is 16.4. The highest BCUT2D eigenvalue weighted by Crippen LogP contribution is 2.44. The molecular formula is C14H19N5O. The fraction of sp³-hybridized carbons (Fsp3) is 0.643. The van der Waals surface area contributed by atoms with Crippen LogP contribution in [0.15, 0.2) is 12.4 Å². The van der Waals surface area contributed by atoms with Gasteiger partial charge in [-0.2, -0.15) is 9.61 Å². The van der Waals surface area contributed by atoms with E-state index in [1.54, 1.807) is 18.0 Å². The van der Waals surface area contributed by atoms with E-state index in [4.69, 9.17) is 4.74 Å². The average molecular weight is 273 g/mol. The van der Waals surface area contributed by atoms with Crippen molar-refractivity contribution in [2.75, 3.05) is 19.0 Å². The summed E-state index contributed by atoms with van der Waals surface area (Å²) >= 11 is 0. The quantitative estimate of drug-likeness (QED) is 0.872. The van der Waals surface area contributed by atoms with Gasteiger partial charge in [0.15, 0.2) is 0 Å². The number of nitrogens with zero attached hydrogens (tertiary/aromatic N) is 4. The molecule has 0 radical (unpaired) electrons. The Morgan fingerprint density at radius 2 is 2.30 bits per heavy atom. The van der Waals surface area contributed by atoms with Crippen LogP contribution in [0.3, 0.4) is 0 Å². The van der Waals surface area contributed by atoms with Gasteiger partial charge in [0, 0.05) is 25.2 Å². The van der Waals surface area contributed by atoms with Gasteiger partial charge in [-0.15, -0.1) is 10.2 Å². The summed E-state index contributed by atoms with van der Waals surface area (Å²) in [7, 11) is 1.75. The van der Waals surface area contributed by atoms with Gasteiger partial charge in [-0.1, -0.05) is 0 Å². The summed E-state index contributed by atoms with van der Waals surface area (Å²) in [5.41, 5.74) is 3.22. The van der Waals surface area contributed by atoms with Gasteiger partial charge >= 0.3 is 0 Å². The zero-order chi connectivity index (χ0) is 13.6. The van der Waals surface area contributed by atoms with Crippen LogP contribution in [0.1, 0.15) is 43.7 Å². The lowest BCUT2D eigenvalue weighted by atomic mass is 10.1. The summed E-state index contributed by atoms with van der Waals surface area (Å²) in [5.74, 6) is 0.622. The molecular weight excluding hydrogens is 254 g/mol. The van der Waals surface area contributed by atoms with E-state index >= 15 is 0 Å². The second-order valence-electron chi connectivity index (χ2n) is 6.00. The van der Waals surface area contributed by atoms with Gasteiger partial charge in [0.1, 0.15) is 6.33 Å². The molecule has 0 spiro atoms. The number of aromatic nitrogens is 4. The topological polar surface area (TPSA) is 64.3 Å². The molecule has 2 aromatic heterocycles. The molecule has 0 unspecified atom stereocenters. The molecule has 106 valence electrons. The highest BCUT2D eigenvalue weighted by Gasteiger charge is 2.42. The van der Waals surface area contributed by atoms with Crippen LogP contribution in [-0.2, 0) is 4.74 Å². The first-order valence-electron chi connectivity index (χ1n) is 7.28. The second kappa shape index (κ2) is 4.41. The van der Waals surface area contributed by atoms with Crippen molar-refractivity contribution in [3.63, 3.8) is 0 Å². The maximum atomic E-state index is 5.21. The van der Waals surface area contributed by atoms with E-state index in [2.05, 4.69) is 26.7 Å². The van der Waals surface area contributed by atoms with Crippen molar-refractivity contribution in [1.29, 1.82) is 0 Å². The monoisotopic (exact) mass is 273 g/mol. The molecule has 6 nitrogen and oxygen atoms in total. The molecule has 0 atom stereocenters. The first-order valence-corrected chi connectivity index (χ1v) is 7.28. The summed E-state index contributed by atoms with van der Waals surface area (Å²) in [6.07, 6.45) is 7.59. The number of anilines is 1. The molecule has 2 aromatic rings. The normalized spacial score (nSPS) is 20.2. The van der Waals surface area contributed by atoms with Gasteiger partial charge in [-0.25, -0.2) is 0 Å². The lowest BCUT2D eigenvalue weighted by Crippen LogP contribution is -2.23. The second-order valence-corrected chi connectivity index (χ2v) is 6.00. The Bertz CT molecular complexity index is 630. The SMILES string of the molecule is COCCC1(Nc2cc(C3CC3)nn3cnnc23)CC1. The molecule has 0 bridgehead atoms. The van der Waals surface area contributed by atoms with Crippen molar-refractivity contribution in [3.05, 3.63) is 18.1 Å². The predicted molar refractivity (Wildman–Crippen MR) is 74.8 cm³/mol. The maximum Gasteiger partial charge on any atom is 0.200 e.